The van der Waals surface area contributed by atoms with Crippen molar-refractivity contribution in [3.63, 3.8) is 0 Å². The van der Waals surface area contributed by atoms with Crippen molar-refractivity contribution in [3.8, 4) is 0 Å². The second-order valence-electron chi connectivity index (χ2n) is 2.72. The van der Waals surface area contributed by atoms with Gasteiger partial charge in [-0.3, -0.25) is 15.1 Å². The first kappa shape index (κ1) is 10.4. The van der Waals surface area contributed by atoms with E-state index in [9.17, 15) is 10.1 Å². The number of pyridine rings is 1. The van der Waals surface area contributed by atoms with E-state index in [0.717, 1.165) is 6.42 Å². The lowest BCUT2D eigenvalue weighted by Gasteiger charge is -2.04. The Hall–Kier alpha value is -1.69. The predicted octanol–water partition coefficient (Wildman–Crippen LogP) is 0.750. The van der Waals surface area contributed by atoms with Crippen LogP contribution >= 0.6 is 0 Å². The van der Waals surface area contributed by atoms with E-state index in [2.05, 4.69) is 10.3 Å². The standard InChI is InChI=1S/C8H12N4O2/c9-3-1-4-11-7-2-5-10-6-8(7)12(13)14/h2,5-6H,1,3-4,9H2,(H,10,11). The van der Waals surface area contributed by atoms with Gasteiger partial charge >= 0.3 is 5.69 Å². The fourth-order valence-corrected chi connectivity index (χ4v) is 1.01. The molecule has 6 nitrogen and oxygen atoms in total. The van der Waals surface area contributed by atoms with Gasteiger partial charge in [0.2, 0.25) is 0 Å². The summed E-state index contributed by atoms with van der Waals surface area (Å²) in [7, 11) is 0. The molecule has 0 spiro atoms. The Morgan fingerprint density at radius 3 is 3.07 bits per heavy atom. The highest BCUT2D eigenvalue weighted by atomic mass is 16.6. The van der Waals surface area contributed by atoms with Gasteiger partial charge in [0.05, 0.1) is 4.92 Å². The average molecular weight is 196 g/mol. The van der Waals surface area contributed by atoms with Gasteiger partial charge in [0.15, 0.2) is 0 Å². The molecule has 0 aliphatic rings. The minimum absolute atomic E-state index is 0.00970. The molecule has 0 unspecified atom stereocenters. The minimum Gasteiger partial charge on any atom is -0.379 e. The highest BCUT2D eigenvalue weighted by Crippen LogP contribution is 2.21. The van der Waals surface area contributed by atoms with Crippen molar-refractivity contribution in [3.05, 3.63) is 28.6 Å². The zero-order valence-corrected chi connectivity index (χ0v) is 7.64. The fraction of sp³-hybridized carbons (Fsp3) is 0.375. The van der Waals surface area contributed by atoms with Crippen LogP contribution in [0.25, 0.3) is 0 Å². The molecule has 1 rings (SSSR count). The van der Waals surface area contributed by atoms with Crippen molar-refractivity contribution in [1.82, 2.24) is 4.98 Å². The number of anilines is 1. The van der Waals surface area contributed by atoms with Crippen LogP contribution in [-0.2, 0) is 0 Å². The second-order valence-corrected chi connectivity index (χ2v) is 2.72. The van der Waals surface area contributed by atoms with Gasteiger partial charge in [-0.25, -0.2) is 0 Å². The lowest BCUT2D eigenvalue weighted by molar-refractivity contribution is -0.384. The van der Waals surface area contributed by atoms with E-state index in [0.29, 0.717) is 18.8 Å². The van der Waals surface area contributed by atoms with Crippen LogP contribution in [0.5, 0.6) is 0 Å². The Bertz CT molecular complexity index is 316. The molecule has 0 amide bonds. The highest BCUT2D eigenvalue weighted by molar-refractivity contribution is 5.59. The summed E-state index contributed by atoms with van der Waals surface area (Å²) < 4.78 is 0. The van der Waals surface area contributed by atoms with E-state index in [4.69, 9.17) is 5.73 Å². The van der Waals surface area contributed by atoms with Crippen LogP contribution in [0.2, 0.25) is 0 Å². The molecule has 0 aliphatic heterocycles. The predicted molar refractivity (Wildman–Crippen MR) is 53.1 cm³/mol. The summed E-state index contributed by atoms with van der Waals surface area (Å²) in [6, 6.07) is 1.58. The van der Waals surface area contributed by atoms with Gasteiger partial charge in [-0.2, -0.15) is 0 Å². The Labute approximate surface area is 81.3 Å². The molecule has 6 heteroatoms. The van der Waals surface area contributed by atoms with Gasteiger partial charge in [0.25, 0.3) is 0 Å². The van der Waals surface area contributed by atoms with Crippen LogP contribution in [-0.4, -0.2) is 23.0 Å². The third-order valence-corrected chi connectivity index (χ3v) is 1.69. The zero-order valence-electron chi connectivity index (χ0n) is 7.64. The topological polar surface area (TPSA) is 94.1 Å². The maximum atomic E-state index is 10.6. The summed E-state index contributed by atoms with van der Waals surface area (Å²) in [5.41, 5.74) is 5.78. The number of nitro groups is 1. The van der Waals surface area contributed by atoms with Gasteiger partial charge in [0, 0.05) is 12.7 Å². The Kier molecular flexibility index (Phi) is 3.81. The SMILES string of the molecule is NCCCNc1ccncc1[N+](=O)[O-]. The Morgan fingerprint density at radius 2 is 2.43 bits per heavy atom. The number of nitrogens with two attached hydrogens (primary N) is 1. The Morgan fingerprint density at radius 1 is 1.64 bits per heavy atom. The van der Waals surface area contributed by atoms with Crippen molar-refractivity contribution < 1.29 is 4.92 Å². The van der Waals surface area contributed by atoms with Crippen LogP contribution in [0.1, 0.15) is 6.42 Å². The number of hydrogen-bond acceptors (Lipinski definition) is 5. The number of rotatable bonds is 5. The van der Waals surface area contributed by atoms with Crippen molar-refractivity contribution in [2.75, 3.05) is 18.4 Å². The van der Waals surface area contributed by atoms with Gasteiger partial charge in [-0.1, -0.05) is 0 Å². The summed E-state index contributed by atoms with van der Waals surface area (Å²) in [4.78, 5) is 13.8. The zero-order chi connectivity index (χ0) is 10.4. The van der Waals surface area contributed by atoms with Crippen LogP contribution in [0.3, 0.4) is 0 Å². The van der Waals surface area contributed by atoms with Crippen LogP contribution in [0.15, 0.2) is 18.5 Å². The summed E-state index contributed by atoms with van der Waals surface area (Å²) in [5, 5.41) is 13.5. The number of nitrogens with zero attached hydrogens (tertiary/aromatic N) is 2. The molecule has 3 N–H and O–H groups in total. The lowest BCUT2D eigenvalue weighted by atomic mass is 10.3. The molecular weight excluding hydrogens is 184 g/mol. The fourth-order valence-electron chi connectivity index (χ4n) is 1.01. The average Bonchev–Trinajstić information content (AvgIpc) is 2.19. The molecule has 1 aromatic heterocycles. The van der Waals surface area contributed by atoms with Crippen LogP contribution in [0.4, 0.5) is 11.4 Å². The second kappa shape index (κ2) is 5.13. The molecular formula is C8H12N4O2. The van der Waals surface area contributed by atoms with Gasteiger partial charge in [-0.05, 0) is 19.0 Å². The number of nitrogens with one attached hydrogen (secondary N) is 1. The van der Waals surface area contributed by atoms with Crippen molar-refractivity contribution in [2.45, 2.75) is 6.42 Å². The monoisotopic (exact) mass is 196 g/mol. The summed E-state index contributed by atoms with van der Waals surface area (Å²) in [5.74, 6) is 0. The van der Waals surface area contributed by atoms with E-state index in [-0.39, 0.29) is 5.69 Å². The molecule has 0 aromatic carbocycles. The summed E-state index contributed by atoms with van der Waals surface area (Å²) in [6.07, 6.45) is 3.52. The first-order chi connectivity index (χ1) is 6.75. The Balaban J connectivity index is 2.69. The number of hydrogen-bond donors (Lipinski definition) is 2. The summed E-state index contributed by atoms with van der Waals surface area (Å²) >= 11 is 0. The van der Waals surface area contributed by atoms with E-state index < -0.39 is 4.92 Å². The minimum atomic E-state index is -0.461. The first-order valence-electron chi connectivity index (χ1n) is 4.28. The smallest absolute Gasteiger partial charge is 0.310 e. The number of aromatic nitrogens is 1. The quantitative estimate of drug-likeness (QED) is 0.411. The highest BCUT2D eigenvalue weighted by Gasteiger charge is 2.11. The molecule has 76 valence electrons. The molecule has 0 atom stereocenters. The van der Waals surface area contributed by atoms with Crippen molar-refractivity contribution >= 4 is 11.4 Å². The largest absolute Gasteiger partial charge is 0.379 e. The molecule has 0 aliphatic carbocycles. The van der Waals surface area contributed by atoms with E-state index in [1.54, 1.807) is 6.07 Å². The van der Waals surface area contributed by atoms with Gasteiger partial charge in [-0.15, -0.1) is 0 Å². The van der Waals surface area contributed by atoms with Gasteiger partial charge < -0.3 is 11.1 Å². The molecule has 0 bridgehead atoms. The maximum absolute atomic E-state index is 10.6. The maximum Gasteiger partial charge on any atom is 0.310 e. The molecule has 0 fully saturated rings. The molecule has 0 saturated carbocycles. The molecule has 1 aromatic rings. The molecule has 0 radical (unpaired) electrons. The van der Waals surface area contributed by atoms with Gasteiger partial charge in [0.1, 0.15) is 11.9 Å². The summed E-state index contributed by atoms with van der Waals surface area (Å²) in [6.45, 7) is 1.19. The lowest BCUT2D eigenvalue weighted by Crippen LogP contribution is -2.09. The first-order valence-corrected chi connectivity index (χ1v) is 4.28. The molecule has 1 heterocycles. The van der Waals surface area contributed by atoms with Crippen LogP contribution in [0, 0.1) is 10.1 Å². The van der Waals surface area contributed by atoms with E-state index >= 15 is 0 Å². The molecule has 0 saturated heterocycles. The van der Waals surface area contributed by atoms with E-state index in [1.165, 1.54) is 12.4 Å². The third kappa shape index (κ3) is 2.67. The third-order valence-electron chi connectivity index (χ3n) is 1.69. The normalized spacial score (nSPS) is 9.79. The van der Waals surface area contributed by atoms with E-state index in [1.807, 2.05) is 0 Å². The molecule has 14 heavy (non-hydrogen) atoms. The van der Waals surface area contributed by atoms with Crippen molar-refractivity contribution in [1.29, 1.82) is 0 Å². The van der Waals surface area contributed by atoms with Crippen LogP contribution < -0.4 is 11.1 Å². The van der Waals surface area contributed by atoms with Crippen molar-refractivity contribution in [2.24, 2.45) is 5.73 Å².